The monoisotopic (exact) mass is 595 g/mol. The van der Waals surface area contributed by atoms with E-state index in [1.165, 1.54) is 42.5 Å². The van der Waals surface area contributed by atoms with E-state index in [-0.39, 0.29) is 23.6 Å². The third-order valence-electron chi connectivity index (χ3n) is 5.51. The van der Waals surface area contributed by atoms with E-state index in [0.717, 1.165) is 4.90 Å². The summed E-state index contributed by atoms with van der Waals surface area (Å²) in [7, 11) is 0. The number of anilines is 1. The molecule has 3 aromatic rings. The maximum absolute atomic E-state index is 13.2. The minimum atomic E-state index is -0.863. The lowest BCUT2D eigenvalue weighted by molar-refractivity contribution is -0.384. The number of halogens is 2. The summed E-state index contributed by atoms with van der Waals surface area (Å²) in [6, 6.07) is 14.7. The molecule has 1 aliphatic rings. The maximum atomic E-state index is 13.2. The van der Waals surface area contributed by atoms with Crippen LogP contribution in [0, 0.1) is 10.1 Å². The second-order valence-corrected chi connectivity index (χ2v) is 9.42. The maximum Gasteiger partial charge on any atom is 0.335 e. The Bertz CT molecular complexity index is 1500. The Morgan fingerprint density at radius 3 is 2.53 bits per heavy atom. The predicted octanol–water partition coefficient (Wildman–Crippen LogP) is 5.98. The summed E-state index contributed by atoms with van der Waals surface area (Å²) in [6.45, 7) is 3.84. The smallest absolute Gasteiger partial charge is 0.335 e. The highest BCUT2D eigenvalue weighted by Crippen LogP contribution is 2.34. The molecule has 0 aliphatic carbocycles. The second-order valence-electron chi connectivity index (χ2n) is 8.13. The van der Waals surface area contributed by atoms with Crippen molar-refractivity contribution < 1.29 is 24.0 Å². The van der Waals surface area contributed by atoms with Crippen molar-refractivity contribution in [3.63, 3.8) is 0 Å². The summed E-state index contributed by atoms with van der Waals surface area (Å²) in [5.41, 5.74) is 1.79. The largest absolute Gasteiger partial charge is 0.487 e. The van der Waals surface area contributed by atoms with E-state index >= 15 is 0 Å². The molecule has 1 saturated heterocycles. The van der Waals surface area contributed by atoms with E-state index in [1.807, 2.05) is 0 Å². The zero-order valence-corrected chi connectivity index (χ0v) is 22.0. The summed E-state index contributed by atoms with van der Waals surface area (Å²) in [4.78, 5) is 49.6. The quantitative estimate of drug-likeness (QED) is 0.112. The minimum absolute atomic E-state index is 0.0417. The number of nitro groups is 1. The van der Waals surface area contributed by atoms with Gasteiger partial charge in [0, 0.05) is 17.2 Å². The number of nitro benzene ring substituents is 1. The van der Waals surface area contributed by atoms with Crippen LogP contribution in [0.4, 0.5) is 16.2 Å². The average Bonchev–Trinajstić information content (AvgIpc) is 2.87. The summed E-state index contributed by atoms with van der Waals surface area (Å²) < 4.78 is 6.51. The zero-order chi connectivity index (χ0) is 27.4. The van der Waals surface area contributed by atoms with Crippen LogP contribution in [0.5, 0.6) is 5.75 Å². The number of allylic oxidation sites excluding steroid dienone is 1. The lowest BCUT2D eigenvalue weighted by atomic mass is 10.0. The fraction of sp³-hybridized carbons (Fsp3) is 0.0741. The fourth-order valence-electron chi connectivity index (χ4n) is 3.79. The molecule has 1 heterocycles. The van der Waals surface area contributed by atoms with Crippen LogP contribution in [0.25, 0.3) is 6.08 Å². The first-order chi connectivity index (χ1) is 18.2. The Balaban J connectivity index is 1.65. The van der Waals surface area contributed by atoms with E-state index in [2.05, 4.69) is 27.8 Å². The number of barbiturate groups is 1. The lowest BCUT2D eigenvalue weighted by Gasteiger charge is -2.26. The number of nitrogens with one attached hydrogen (secondary N) is 1. The van der Waals surface area contributed by atoms with E-state index in [9.17, 15) is 24.5 Å². The average molecular weight is 597 g/mol. The van der Waals surface area contributed by atoms with Crippen LogP contribution < -0.4 is 15.0 Å². The number of amides is 4. The molecule has 0 saturated carbocycles. The number of ether oxygens (including phenoxy) is 1. The number of rotatable bonds is 8. The van der Waals surface area contributed by atoms with Crippen molar-refractivity contribution in [2.45, 2.75) is 13.0 Å². The van der Waals surface area contributed by atoms with Crippen molar-refractivity contribution >= 4 is 62.8 Å². The molecule has 0 unspecified atom stereocenters. The topological polar surface area (TPSA) is 119 Å². The molecule has 1 N–H and O–H groups in total. The van der Waals surface area contributed by atoms with Crippen LogP contribution in [0.15, 0.2) is 83.4 Å². The van der Waals surface area contributed by atoms with Crippen molar-refractivity contribution in [2.24, 2.45) is 0 Å². The van der Waals surface area contributed by atoms with Crippen molar-refractivity contribution in [1.82, 2.24) is 5.32 Å². The van der Waals surface area contributed by atoms with Crippen LogP contribution in [-0.4, -0.2) is 22.8 Å². The molecule has 192 valence electrons. The lowest BCUT2D eigenvalue weighted by Crippen LogP contribution is -2.54. The van der Waals surface area contributed by atoms with Gasteiger partial charge in [-0.2, -0.15) is 0 Å². The van der Waals surface area contributed by atoms with Gasteiger partial charge in [-0.15, -0.1) is 6.58 Å². The molecule has 11 heteroatoms. The van der Waals surface area contributed by atoms with Gasteiger partial charge in [-0.25, -0.2) is 9.69 Å². The van der Waals surface area contributed by atoms with Crippen LogP contribution in [0.2, 0.25) is 5.02 Å². The number of nitrogens with zero attached hydrogens (tertiary/aromatic N) is 2. The number of carbonyl (C=O) groups is 3. The van der Waals surface area contributed by atoms with Gasteiger partial charge in [-0.3, -0.25) is 25.0 Å². The molecule has 38 heavy (non-hydrogen) atoms. The molecule has 1 aliphatic heterocycles. The third-order valence-corrected chi connectivity index (χ3v) is 6.35. The summed E-state index contributed by atoms with van der Waals surface area (Å²) in [6.07, 6.45) is 3.45. The molecule has 1 fully saturated rings. The number of imide groups is 2. The van der Waals surface area contributed by atoms with Crippen LogP contribution >= 0.6 is 27.5 Å². The van der Waals surface area contributed by atoms with Crippen LogP contribution in [-0.2, 0) is 22.6 Å². The van der Waals surface area contributed by atoms with E-state index in [0.29, 0.717) is 38.4 Å². The normalized spacial score (nSPS) is 14.4. The Morgan fingerprint density at radius 2 is 1.84 bits per heavy atom. The van der Waals surface area contributed by atoms with Crippen molar-refractivity contribution in [1.29, 1.82) is 0 Å². The molecular weight excluding hydrogens is 578 g/mol. The highest BCUT2D eigenvalue weighted by atomic mass is 79.9. The molecule has 9 nitrogen and oxygen atoms in total. The van der Waals surface area contributed by atoms with Crippen molar-refractivity contribution in [2.75, 3.05) is 4.90 Å². The first-order valence-corrected chi connectivity index (χ1v) is 12.3. The number of non-ortho nitro benzene ring substituents is 1. The van der Waals surface area contributed by atoms with Gasteiger partial charge in [-0.05, 0) is 81.5 Å². The Kier molecular flexibility index (Phi) is 8.04. The molecule has 0 bridgehead atoms. The summed E-state index contributed by atoms with van der Waals surface area (Å²) >= 11 is 9.39. The third kappa shape index (κ3) is 5.82. The van der Waals surface area contributed by atoms with Crippen molar-refractivity contribution in [3.05, 3.63) is 115 Å². The minimum Gasteiger partial charge on any atom is -0.487 e. The van der Waals surface area contributed by atoms with Crippen LogP contribution in [0.1, 0.15) is 16.7 Å². The Morgan fingerprint density at radius 1 is 1.11 bits per heavy atom. The SMILES string of the molecule is C=CCc1cc(/C=C2\C(=O)NC(=O)N(c3ccc(Cl)cc3)C2=O)cc(Br)c1OCc1cccc([N+](=O)[O-])c1. The summed E-state index contributed by atoms with van der Waals surface area (Å²) in [5.74, 6) is -1.12. The van der Waals surface area contributed by atoms with E-state index in [1.54, 1.807) is 30.3 Å². The van der Waals surface area contributed by atoms with Gasteiger partial charge in [0.15, 0.2) is 0 Å². The molecule has 0 aromatic heterocycles. The summed E-state index contributed by atoms with van der Waals surface area (Å²) in [5, 5.41) is 13.7. The number of urea groups is 1. The Labute approximate surface area is 230 Å². The Hall–Kier alpha value is -4.28. The molecule has 0 spiro atoms. The first kappa shape index (κ1) is 26.8. The highest BCUT2D eigenvalue weighted by molar-refractivity contribution is 9.10. The number of hydrogen-bond acceptors (Lipinski definition) is 6. The predicted molar refractivity (Wildman–Crippen MR) is 146 cm³/mol. The number of carbonyl (C=O) groups excluding carboxylic acids is 3. The van der Waals surface area contributed by atoms with Gasteiger partial charge < -0.3 is 4.74 Å². The van der Waals surface area contributed by atoms with Gasteiger partial charge in [0.1, 0.15) is 17.9 Å². The first-order valence-electron chi connectivity index (χ1n) is 11.1. The van der Waals surface area contributed by atoms with Crippen molar-refractivity contribution in [3.8, 4) is 5.75 Å². The number of hydrogen-bond donors (Lipinski definition) is 1. The van der Waals surface area contributed by atoms with Gasteiger partial charge in [0.05, 0.1) is 15.1 Å². The molecule has 3 aromatic carbocycles. The highest BCUT2D eigenvalue weighted by Gasteiger charge is 2.36. The zero-order valence-electron chi connectivity index (χ0n) is 19.6. The number of benzene rings is 3. The molecule has 0 atom stereocenters. The van der Waals surface area contributed by atoms with Crippen LogP contribution in [0.3, 0.4) is 0 Å². The molecular formula is C27H19BrClN3O6. The molecule has 4 amide bonds. The van der Waals surface area contributed by atoms with E-state index in [4.69, 9.17) is 16.3 Å². The molecule has 0 radical (unpaired) electrons. The second kappa shape index (κ2) is 11.4. The van der Waals surface area contributed by atoms with E-state index < -0.39 is 22.8 Å². The standard InChI is InChI=1S/C27H19BrClN3O6/c1-2-4-18-11-17(14-23(28)24(18)38-15-16-5-3-6-21(12-16)32(36)37)13-22-25(33)30-27(35)31(26(22)34)20-9-7-19(29)8-10-20/h2-3,5-14H,1,4,15H2,(H,30,33,35)/b22-13+. The van der Waals surface area contributed by atoms with Gasteiger partial charge >= 0.3 is 6.03 Å². The van der Waals surface area contributed by atoms with Gasteiger partial charge in [0.25, 0.3) is 17.5 Å². The van der Waals surface area contributed by atoms with Gasteiger partial charge in [0.2, 0.25) is 0 Å². The fourth-order valence-corrected chi connectivity index (χ4v) is 4.55. The van der Waals surface area contributed by atoms with Gasteiger partial charge in [-0.1, -0.05) is 29.8 Å². The molecule has 4 rings (SSSR count).